The van der Waals surface area contributed by atoms with Crippen LogP contribution in [0, 0.1) is 12.7 Å². The van der Waals surface area contributed by atoms with Crippen LogP contribution < -0.4 is 10.5 Å². The molecule has 0 saturated heterocycles. The number of sulfonamides is 1. The van der Waals surface area contributed by atoms with E-state index in [1.54, 1.807) is 4.72 Å². The lowest BCUT2D eigenvalue weighted by atomic mass is 10.2. The summed E-state index contributed by atoms with van der Waals surface area (Å²) in [6.07, 6.45) is 0. The summed E-state index contributed by atoms with van der Waals surface area (Å²) in [5, 5.41) is 0. The van der Waals surface area contributed by atoms with E-state index in [0.717, 1.165) is 6.07 Å². The van der Waals surface area contributed by atoms with Gasteiger partial charge in [-0.25, -0.2) is 26.3 Å². The number of nitrogens with one attached hydrogen (secondary N) is 1. The summed E-state index contributed by atoms with van der Waals surface area (Å²) in [6, 6.07) is 3.65. The Hall–Kier alpha value is -1.12. The number of hydrogen-bond acceptors (Lipinski definition) is 3. The van der Waals surface area contributed by atoms with E-state index in [0.29, 0.717) is 0 Å². The van der Waals surface area contributed by atoms with Gasteiger partial charge in [0.05, 0.1) is 13.1 Å². The van der Waals surface area contributed by atoms with E-state index in [-0.39, 0.29) is 5.56 Å². The van der Waals surface area contributed by atoms with E-state index in [9.17, 15) is 21.6 Å². The highest BCUT2D eigenvalue weighted by Crippen LogP contribution is 2.19. The first-order chi connectivity index (χ1) is 8.19. The molecule has 0 fully saturated rings. The number of hydrogen-bond donors (Lipinski definition) is 2. The lowest BCUT2D eigenvalue weighted by molar-refractivity contribution is 0.0170. The van der Waals surface area contributed by atoms with Gasteiger partial charge in [-0.1, -0.05) is 12.1 Å². The molecule has 1 rings (SSSR count). The summed E-state index contributed by atoms with van der Waals surface area (Å²) in [5.74, 6) is -4.36. The third-order valence-electron chi connectivity index (χ3n) is 2.25. The zero-order valence-electron chi connectivity index (χ0n) is 9.58. The molecule has 0 aliphatic rings. The highest BCUT2D eigenvalue weighted by Gasteiger charge is 2.30. The summed E-state index contributed by atoms with van der Waals surface area (Å²) in [6.45, 7) is -0.788. The quantitative estimate of drug-likeness (QED) is 0.846. The predicted octanol–water partition coefficient (Wildman–Crippen LogP) is 1.01. The number of aryl methyl sites for hydroxylation is 1. The average molecular weight is 282 g/mol. The molecule has 0 aromatic heterocycles. The Kier molecular flexibility index (Phi) is 4.36. The van der Waals surface area contributed by atoms with Gasteiger partial charge in [-0.2, -0.15) is 0 Å². The maximum Gasteiger partial charge on any atom is 0.273 e. The fourth-order valence-corrected chi connectivity index (χ4v) is 2.66. The van der Waals surface area contributed by atoms with Crippen molar-refractivity contribution < 1.29 is 21.6 Å². The second kappa shape index (κ2) is 5.25. The normalized spacial score (nSPS) is 12.7. The van der Waals surface area contributed by atoms with Crippen molar-refractivity contribution in [3.05, 3.63) is 29.6 Å². The highest BCUT2D eigenvalue weighted by molar-refractivity contribution is 7.89. The molecule has 4 nitrogen and oxygen atoms in total. The maximum absolute atomic E-state index is 13.4. The number of halogens is 3. The first-order valence-corrected chi connectivity index (χ1v) is 6.50. The van der Waals surface area contributed by atoms with Crippen molar-refractivity contribution in [3.63, 3.8) is 0 Å². The molecule has 0 atom stereocenters. The number of rotatable bonds is 5. The van der Waals surface area contributed by atoms with Crippen LogP contribution in [0.25, 0.3) is 0 Å². The van der Waals surface area contributed by atoms with Crippen LogP contribution in [0.5, 0.6) is 0 Å². The lowest BCUT2D eigenvalue weighted by Crippen LogP contribution is -2.41. The Balaban J connectivity index is 3.01. The minimum absolute atomic E-state index is 0.138. The minimum Gasteiger partial charge on any atom is -0.325 e. The summed E-state index contributed by atoms with van der Waals surface area (Å²) >= 11 is 0. The Morgan fingerprint density at radius 1 is 1.39 bits per heavy atom. The molecular formula is C10H13F3N2O2S. The van der Waals surface area contributed by atoms with E-state index in [2.05, 4.69) is 0 Å². The van der Waals surface area contributed by atoms with Crippen LogP contribution >= 0.6 is 0 Å². The van der Waals surface area contributed by atoms with Crippen LogP contribution in [0.2, 0.25) is 0 Å². The molecule has 8 heteroatoms. The molecule has 0 aliphatic heterocycles. The van der Waals surface area contributed by atoms with Crippen LogP contribution in [-0.4, -0.2) is 27.4 Å². The standard InChI is InChI=1S/C10H13F3N2O2S/c1-7-3-2-4-8(11)9(7)18(16,17)15-6-10(12,13)5-14/h2-4,15H,5-6,14H2,1H3. The molecule has 0 radical (unpaired) electrons. The first-order valence-electron chi connectivity index (χ1n) is 5.02. The van der Waals surface area contributed by atoms with Crippen molar-refractivity contribution in [2.45, 2.75) is 17.7 Å². The largest absolute Gasteiger partial charge is 0.325 e. The molecule has 0 unspecified atom stereocenters. The van der Waals surface area contributed by atoms with Crippen molar-refractivity contribution in [2.24, 2.45) is 5.73 Å². The van der Waals surface area contributed by atoms with E-state index in [1.807, 2.05) is 0 Å². The van der Waals surface area contributed by atoms with Crippen LogP contribution in [0.15, 0.2) is 23.1 Å². The van der Waals surface area contributed by atoms with Gasteiger partial charge in [0.25, 0.3) is 5.92 Å². The Labute approximate surface area is 103 Å². The number of benzene rings is 1. The predicted molar refractivity (Wildman–Crippen MR) is 60.3 cm³/mol. The highest BCUT2D eigenvalue weighted by atomic mass is 32.2. The topological polar surface area (TPSA) is 72.2 Å². The average Bonchev–Trinajstić information content (AvgIpc) is 2.26. The van der Waals surface area contributed by atoms with E-state index in [1.165, 1.54) is 19.1 Å². The lowest BCUT2D eigenvalue weighted by Gasteiger charge is -2.15. The molecule has 0 aliphatic carbocycles. The van der Waals surface area contributed by atoms with Crippen molar-refractivity contribution in [3.8, 4) is 0 Å². The van der Waals surface area contributed by atoms with Crippen LogP contribution in [0.4, 0.5) is 13.2 Å². The second-order valence-electron chi connectivity index (χ2n) is 3.77. The third-order valence-corrected chi connectivity index (χ3v) is 3.83. The zero-order valence-corrected chi connectivity index (χ0v) is 10.4. The molecule has 1 aromatic rings. The van der Waals surface area contributed by atoms with Gasteiger partial charge in [0.1, 0.15) is 10.7 Å². The Bertz CT molecular complexity index is 512. The van der Waals surface area contributed by atoms with Gasteiger partial charge < -0.3 is 5.73 Å². The fourth-order valence-electron chi connectivity index (χ4n) is 1.30. The van der Waals surface area contributed by atoms with Gasteiger partial charge in [-0.05, 0) is 18.6 Å². The first kappa shape index (κ1) is 14.9. The third kappa shape index (κ3) is 3.44. The SMILES string of the molecule is Cc1cccc(F)c1S(=O)(=O)NCC(F)(F)CN. The second-order valence-corrected chi connectivity index (χ2v) is 5.47. The molecule has 0 heterocycles. The van der Waals surface area contributed by atoms with E-state index < -0.39 is 39.7 Å². The van der Waals surface area contributed by atoms with Gasteiger partial charge in [0.15, 0.2) is 0 Å². The Morgan fingerprint density at radius 2 is 2.00 bits per heavy atom. The fraction of sp³-hybridized carbons (Fsp3) is 0.400. The molecule has 1 aromatic carbocycles. The smallest absolute Gasteiger partial charge is 0.273 e. The van der Waals surface area contributed by atoms with Crippen molar-refractivity contribution in [2.75, 3.05) is 13.1 Å². The number of alkyl halides is 2. The summed E-state index contributed by atoms with van der Waals surface area (Å²) in [7, 11) is -4.33. The van der Waals surface area contributed by atoms with Crippen molar-refractivity contribution >= 4 is 10.0 Å². The van der Waals surface area contributed by atoms with Crippen molar-refractivity contribution in [1.29, 1.82) is 0 Å². The van der Waals surface area contributed by atoms with Crippen LogP contribution in [0.3, 0.4) is 0 Å². The molecular weight excluding hydrogens is 269 g/mol. The van der Waals surface area contributed by atoms with Gasteiger partial charge >= 0.3 is 0 Å². The minimum atomic E-state index is -4.33. The van der Waals surface area contributed by atoms with E-state index in [4.69, 9.17) is 5.73 Å². The van der Waals surface area contributed by atoms with Gasteiger partial charge in [0.2, 0.25) is 10.0 Å². The molecule has 0 saturated carbocycles. The van der Waals surface area contributed by atoms with E-state index >= 15 is 0 Å². The summed E-state index contributed by atoms with van der Waals surface area (Å²) in [5.41, 5.74) is 4.91. The zero-order chi connectivity index (χ0) is 14.0. The Morgan fingerprint density at radius 3 is 2.50 bits per heavy atom. The van der Waals surface area contributed by atoms with Crippen molar-refractivity contribution in [1.82, 2.24) is 4.72 Å². The molecule has 0 spiro atoms. The summed E-state index contributed by atoms with van der Waals surface area (Å²) in [4.78, 5) is -0.627. The molecule has 0 bridgehead atoms. The molecule has 18 heavy (non-hydrogen) atoms. The maximum atomic E-state index is 13.4. The number of nitrogens with two attached hydrogens (primary N) is 1. The van der Waals surface area contributed by atoms with Gasteiger partial charge in [0, 0.05) is 0 Å². The molecule has 0 amide bonds. The summed E-state index contributed by atoms with van der Waals surface area (Å²) < 4.78 is 64.2. The van der Waals surface area contributed by atoms with Crippen LogP contribution in [-0.2, 0) is 10.0 Å². The monoisotopic (exact) mass is 282 g/mol. The van der Waals surface area contributed by atoms with Crippen LogP contribution in [0.1, 0.15) is 5.56 Å². The molecule has 3 N–H and O–H groups in total. The van der Waals surface area contributed by atoms with Gasteiger partial charge in [-0.3, -0.25) is 0 Å². The molecule has 102 valence electrons. The van der Waals surface area contributed by atoms with Gasteiger partial charge in [-0.15, -0.1) is 0 Å².